The van der Waals surface area contributed by atoms with Crippen LogP contribution in [0.15, 0.2) is 0 Å². The van der Waals surface area contributed by atoms with Crippen LogP contribution in [-0.4, -0.2) is 35.6 Å². The summed E-state index contributed by atoms with van der Waals surface area (Å²) in [5.74, 6) is 0.530. The van der Waals surface area contributed by atoms with E-state index in [1.807, 2.05) is 6.92 Å². The molecule has 0 aromatic carbocycles. The molecule has 1 aromatic heterocycles. The Kier molecular flexibility index (Phi) is 5.22. The van der Waals surface area contributed by atoms with Crippen molar-refractivity contribution in [3.63, 3.8) is 0 Å². The first-order valence-corrected chi connectivity index (χ1v) is 6.34. The van der Waals surface area contributed by atoms with Gasteiger partial charge in [-0.05, 0) is 26.3 Å². The van der Waals surface area contributed by atoms with Crippen molar-refractivity contribution >= 4 is 5.82 Å². The standard InChI is InChI=1S/C12H21F3N4/c1-4-7-19(8-12(13,14)15)11-10(5-6-16)9(2)17-18(11)3/h4-8,16H2,1-3H3. The molecule has 0 bridgehead atoms. The summed E-state index contributed by atoms with van der Waals surface area (Å²) in [6, 6.07) is 0. The summed E-state index contributed by atoms with van der Waals surface area (Å²) in [4.78, 5) is 1.34. The number of nitrogens with zero attached hydrogens (tertiary/aromatic N) is 3. The minimum absolute atomic E-state index is 0.343. The molecule has 19 heavy (non-hydrogen) atoms. The van der Waals surface area contributed by atoms with Crippen molar-refractivity contribution in [1.29, 1.82) is 0 Å². The largest absolute Gasteiger partial charge is 0.405 e. The van der Waals surface area contributed by atoms with Crippen LogP contribution in [0.25, 0.3) is 0 Å². The van der Waals surface area contributed by atoms with Crippen LogP contribution in [0.1, 0.15) is 24.6 Å². The SMILES string of the molecule is CCCN(CC(F)(F)F)c1c(CCN)c(C)nn1C. The molecule has 0 unspecified atom stereocenters. The highest BCUT2D eigenvalue weighted by Gasteiger charge is 2.32. The number of halogens is 3. The Labute approximate surface area is 111 Å². The van der Waals surface area contributed by atoms with Gasteiger partial charge in [0.25, 0.3) is 0 Å². The smallest absolute Gasteiger partial charge is 0.348 e. The van der Waals surface area contributed by atoms with E-state index in [1.165, 1.54) is 9.58 Å². The zero-order valence-electron chi connectivity index (χ0n) is 11.6. The quantitative estimate of drug-likeness (QED) is 0.866. The Morgan fingerprint density at radius 3 is 2.47 bits per heavy atom. The van der Waals surface area contributed by atoms with E-state index in [0.717, 1.165) is 11.3 Å². The van der Waals surface area contributed by atoms with Crippen LogP contribution in [0.5, 0.6) is 0 Å². The van der Waals surface area contributed by atoms with Gasteiger partial charge in [-0.3, -0.25) is 4.68 Å². The maximum Gasteiger partial charge on any atom is 0.405 e. The van der Waals surface area contributed by atoms with Crippen LogP contribution < -0.4 is 10.6 Å². The number of hydrogen-bond donors (Lipinski definition) is 1. The number of nitrogens with two attached hydrogens (primary N) is 1. The van der Waals surface area contributed by atoms with Crippen molar-refractivity contribution in [2.75, 3.05) is 24.5 Å². The van der Waals surface area contributed by atoms with Crippen LogP contribution >= 0.6 is 0 Å². The number of hydrogen-bond acceptors (Lipinski definition) is 3. The Morgan fingerprint density at radius 1 is 1.37 bits per heavy atom. The van der Waals surface area contributed by atoms with Crippen molar-refractivity contribution in [2.24, 2.45) is 12.8 Å². The van der Waals surface area contributed by atoms with Gasteiger partial charge in [-0.25, -0.2) is 0 Å². The maximum atomic E-state index is 12.7. The molecule has 0 aliphatic carbocycles. The topological polar surface area (TPSA) is 47.1 Å². The normalized spacial score (nSPS) is 11.9. The minimum Gasteiger partial charge on any atom is -0.348 e. The number of aromatic nitrogens is 2. The van der Waals surface area contributed by atoms with Crippen molar-refractivity contribution in [3.8, 4) is 0 Å². The first-order valence-electron chi connectivity index (χ1n) is 6.34. The van der Waals surface area contributed by atoms with E-state index in [9.17, 15) is 13.2 Å². The maximum absolute atomic E-state index is 12.7. The first-order chi connectivity index (χ1) is 8.80. The van der Waals surface area contributed by atoms with E-state index in [2.05, 4.69) is 5.10 Å². The Hall–Kier alpha value is -1.24. The third-order valence-electron chi connectivity index (χ3n) is 2.87. The lowest BCUT2D eigenvalue weighted by molar-refractivity contribution is -0.119. The summed E-state index contributed by atoms with van der Waals surface area (Å²) in [6.45, 7) is 3.43. The molecule has 0 spiro atoms. The van der Waals surface area contributed by atoms with Crippen LogP contribution in [0.4, 0.5) is 19.0 Å². The molecular formula is C12H21F3N4. The van der Waals surface area contributed by atoms with Crippen molar-refractivity contribution in [1.82, 2.24) is 9.78 Å². The second-order valence-electron chi connectivity index (χ2n) is 4.59. The second-order valence-corrected chi connectivity index (χ2v) is 4.59. The molecule has 0 fully saturated rings. The predicted molar refractivity (Wildman–Crippen MR) is 69.3 cm³/mol. The molecule has 4 nitrogen and oxygen atoms in total. The number of aryl methyl sites for hydroxylation is 2. The monoisotopic (exact) mass is 278 g/mol. The summed E-state index contributed by atoms with van der Waals surface area (Å²) < 4.78 is 39.5. The number of alkyl halides is 3. The lowest BCUT2D eigenvalue weighted by Crippen LogP contribution is -2.36. The molecule has 1 rings (SSSR count). The molecular weight excluding hydrogens is 257 g/mol. The van der Waals surface area contributed by atoms with E-state index < -0.39 is 12.7 Å². The van der Waals surface area contributed by atoms with Gasteiger partial charge in [0.1, 0.15) is 12.4 Å². The van der Waals surface area contributed by atoms with Gasteiger partial charge < -0.3 is 10.6 Å². The van der Waals surface area contributed by atoms with Gasteiger partial charge in [-0.1, -0.05) is 6.92 Å². The Morgan fingerprint density at radius 2 is 2.00 bits per heavy atom. The Balaban J connectivity index is 3.14. The summed E-state index contributed by atoms with van der Waals surface area (Å²) >= 11 is 0. The molecule has 1 heterocycles. The molecule has 0 saturated carbocycles. The lowest BCUT2D eigenvalue weighted by atomic mass is 10.1. The molecule has 0 aliphatic rings. The van der Waals surface area contributed by atoms with Gasteiger partial charge in [0, 0.05) is 19.2 Å². The lowest BCUT2D eigenvalue weighted by Gasteiger charge is -2.26. The second kappa shape index (κ2) is 6.27. The molecule has 0 amide bonds. The molecule has 7 heteroatoms. The van der Waals surface area contributed by atoms with Gasteiger partial charge in [0.15, 0.2) is 0 Å². The van der Waals surface area contributed by atoms with Crippen LogP contribution in [0.2, 0.25) is 0 Å². The highest BCUT2D eigenvalue weighted by Crippen LogP contribution is 2.27. The van der Waals surface area contributed by atoms with Crippen molar-refractivity contribution in [2.45, 2.75) is 32.9 Å². The minimum atomic E-state index is -4.23. The zero-order chi connectivity index (χ0) is 14.6. The van der Waals surface area contributed by atoms with E-state index in [-0.39, 0.29) is 0 Å². The highest BCUT2D eigenvalue weighted by molar-refractivity contribution is 5.50. The third kappa shape index (κ3) is 4.12. The third-order valence-corrected chi connectivity index (χ3v) is 2.87. The van der Waals surface area contributed by atoms with E-state index in [1.54, 1.807) is 14.0 Å². The molecule has 0 aliphatic heterocycles. The van der Waals surface area contributed by atoms with E-state index in [4.69, 9.17) is 5.73 Å². The van der Waals surface area contributed by atoms with Gasteiger partial charge in [-0.15, -0.1) is 0 Å². The highest BCUT2D eigenvalue weighted by atomic mass is 19.4. The summed E-state index contributed by atoms with van der Waals surface area (Å²) in [6.07, 6.45) is -3.05. The van der Waals surface area contributed by atoms with E-state index >= 15 is 0 Å². The van der Waals surface area contributed by atoms with Crippen LogP contribution in [0, 0.1) is 6.92 Å². The summed E-state index contributed by atoms with van der Waals surface area (Å²) in [5.41, 5.74) is 7.08. The zero-order valence-corrected chi connectivity index (χ0v) is 11.6. The van der Waals surface area contributed by atoms with Crippen LogP contribution in [0.3, 0.4) is 0 Å². The number of anilines is 1. The molecule has 0 saturated heterocycles. The fourth-order valence-electron chi connectivity index (χ4n) is 2.27. The van der Waals surface area contributed by atoms with E-state index in [0.29, 0.717) is 31.7 Å². The fourth-order valence-corrected chi connectivity index (χ4v) is 2.27. The van der Waals surface area contributed by atoms with Crippen LogP contribution in [-0.2, 0) is 13.5 Å². The fraction of sp³-hybridized carbons (Fsp3) is 0.750. The summed E-state index contributed by atoms with van der Waals surface area (Å²) in [7, 11) is 1.67. The molecule has 110 valence electrons. The molecule has 0 atom stereocenters. The summed E-state index contributed by atoms with van der Waals surface area (Å²) in [5, 5.41) is 4.21. The van der Waals surface area contributed by atoms with Gasteiger partial charge in [-0.2, -0.15) is 18.3 Å². The average molecular weight is 278 g/mol. The molecule has 0 radical (unpaired) electrons. The Bertz CT molecular complexity index is 412. The first kappa shape index (κ1) is 15.8. The van der Waals surface area contributed by atoms with Crippen molar-refractivity contribution in [3.05, 3.63) is 11.3 Å². The number of rotatable bonds is 6. The average Bonchev–Trinajstić information content (AvgIpc) is 2.52. The molecule has 2 N–H and O–H groups in total. The van der Waals surface area contributed by atoms with Crippen molar-refractivity contribution < 1.29 is 13.2 Å². The van der Waals surface area contributed by atoms with Gasteiger partial charge >= 0.3 is 6.18 Å². The predicted octanol–water partition coefficient (Wildman–Crippen LogP) is 2.01. The van der Waals surface area contributed by atoms with Gasteiger partial charge in [0.05, 0.1) is 5.69 Å². The molecule has 1 aromatic rings. The van der Waals surface area contributed by atoms with Gasteiger partial charge in [0.2, 0.25) is 0 Å².